The summed E-state index contributed by atoms with van der Waals surface area (Å²) < 4.78 is 9.87. The quantitative estimate of drug-likeness (QED) is 0.437. The molecule has 0 fully saturated rings. The summed E-state index contributed by atoms with van der Waals surface area (Å²) in [6.07, 6.45) is 0.112. The first kappa shape index (κ1) is 17.6. The Kier molecular flexibility index (Phi) is 7.53. The van der Waals surface area contributed by atoms with Gasteiger partial charge in [-0.05, 0) is 24.6 Å². The fraction of sp³-hybridized carbons (Fsp3) is 0.375. The minimum absolute atomic E-state index is 0.0896. The van der Waals surface area contributed by atoms with E-state index in [1.807, 2.05) is 31.3 Å². The highest BCUT2D eigenvalue weighted by molar-refractivity contribution is 5.86. The number of alkyl carbamates (subject to hydrolysis) is 1. The van der Waals surface area contributed by atoms with Gasteiger partial charge in [-0.1, -0.05) is 18.7 Å². The Bertz CT molecular complexity index is 511. The van der Waals surface area contributed by atoms with E-state index in [2.05, 4.69) is 17.2 Å². The van der Waals surface area contributed by atoms with E-state index in [1.54, 1.807) is 6.92 Å². The number of hydrogen-bond donors (Lipinski definition) is 2. The largest absolute Gasteiger partial charge is 0.460 e. The van der Waals surface area contributed by atoms with Crippen LogP contribution in [0, 0.1) is 0 Å². The van der Waals surface area contributed by atoms with Crippen LogP contribution in [0.4, 0.5) is 10.5 Å². The number of esters is 1. The first-order valence-electron chi connectivity index (χ1n) is 7.03. The van der Waals surface area contributed by atoms with Crippen molar-refractivity contribution in [3.05, 3.63) is 42.0 Å². The Morgan fingerprint density at radius 3 is 2.41 bits per heavy atom. The molecule has 1 rings (SSSR count). The zero-order valence-electron chi connectivity index (χ0n) is 13.0. The van der Waals surface area contributed by atoms with Crippen LogP contribution >= 0.6 is 0 Å². The number of benzene rings is 1. The van der Waals surface area contributed by atoms with Gasteiger partial charge in [0.1, 0.15) is 6.61 Å². The van der Waals surface area contributed by atoms with Crippen LogP contribution in [-0.4, -0.2) is 38.9 Å². The topological polar surface area (TPSA) is 76.7 Å². The molecule has 6 heteroatoms. The van der Waals surface area contributed by atoms with Crippen molar-refractivity contribution in [2.24, 2.45) is 0 Å². The lowest BCUT2D eigenvalue weighted by atomic mass is 10.1. The third-order valence-corrected chi connectivity index (χ3v) is 2.82. The maximum atomic E-state index is 11.4. The molecule has 1 aromatic carbocycles. The van der Waals surface area contributed by atoms with Gasteiger partial charge in [0, 0.05) is 24.7 Å². The van der Waals surface area contributed by atoms with E-state index >= 15 is 0 Å². The predicted octanol–water partition coefficient (Wildman–Crippen LogP) is 2.12. The van der Waals surface area contributed by atoms with E-state index in [9.17, 15) is 9.59 Å². The number of amides is 1. The number of ether oxygens (including phenoxy) is 2. The van der Waals surface area contributed by atoms with Crippen LogP contribution in [0.25, 0.3) is 0 Å². The number of carbonyl (C=O) groups excluding carboxylic acids is 2. The monoisotopic (exact) mass is 306 g/mol. The zero-order chi connectivity index (χ0) is 16.4. The predicted molar refractivity (Wildman–Crippen MR) is 84.8 cm³/mol. The molecular weight excluding hydrogens is 284 g/mol. The summed E-state index contributed by atoms with van der Waals surface area (Å²) in [4.78, 5) is 22.5. The molecule has 0 atom stereocenters. The van der Waals surface area contributed by atoms with Crippen LogP contribution in [0.3, 0.4) is 0 Å². The average molecular weight is 306 g/mol. The number of nitrogens with one attached hydrogen (secondary N) is 2. The van der Waals surface area contributed by atoms with Gasteiger partial charge in [0.15, 0.2) is 0 Å². The van der Waals surface area contributed by atoms with Gasteiger partial charge < -0.3 is 20.1 Å². The molecule has 0 bridgehead atoms. The van der Waals surface area contributed by atoms with Crippen molar-refractivity contribution < 1.29 is 19.1 Å². The molecule has 22 heavy (non-hydrogen) atoms. The second-order valence-electron chi connectivity index (χ2n) is 4.68. The summed E-state index contributed by atoms with van der Waals surface area (Å²) in [5, 5.41) is 5.54. The van der Waals surface area contributed by atoms with Gasteiger partial charge in [-0.15, -0.1) is 0 Å². The second kappa shape index (κ2) is 9.44. The van der Waals surface area contributed by atoms with E-state index in [0.717, 1.165) is 11.3 Å². The van der Waals surface area contributed by atoms with Gasteiger partial charge in [0.05, 0.1) is 13.2 Å². The first-order valence-corrected chi connectivity index (χ1v) is 7.03. The number of hydrogen-bond acceptors (Lipinski definition) is 5. The van der Waals surface area contributed by atoms with Gasteiger partial charge in [0.2, 0.25) is 0 Å². The fourth-order valence-electron chi connectivity index (χ4n) is 1.57. The maximum Gasteiger partial charge on any atom is 0.407 e. The average Bonchev–Trinajstić information content (AvgIpc) is 2.52. The second-order valence-corrected chi connectivity index (χ2v) is 4.68. The van der Waals surface area contributed by atoms with Gasteiger partial charge in [0.25, 0.3) is 0 Å². The van der Waals surface area contributed by atoms with Gasteiger partial charge >= 0.3 is 12.1 Å². The third kappa shape index (κ3) is 6.78. The Balaban J connectivity index is 2.12. The van der Waals surface area contributed by atoms with Crippen LogP contribution in [0.1, 0.15) is 12.5 Å². The molecule has 0 heterocycles. The highest BCUT2D eigenvalue weighted by Gasteiger charge is 2.04. The summed E-state index contributed by atoms with van der Waals surface area (Å²) >= 11 is 0. The number of rotatable bonds is 8. The van der Waals surface area contributed by atoms with Gasteiger partial charge in [-0.25, -0.2) is 9.59 Å². The molecule has 0 unspecified atom stereocenters. The smallest absolute Gasteiger partial charge is 0.407 e. The lowest BCUT2D eigenvalue weighted by molar-refractivity contribution is -0.138. The Morgan fingerprint density at radius 1 is 1.14 bits per heavy atom. The van der Waals surface area contributed by atoms with Gasteiger partial charge in [-0.2, -0.15) is 0 Å². The van der Waals surface area contributed by atoms with Crippen molar-refractivity contribution in [3.63, 3.8) is 0 Å². The van der Waals surface area contributed by atoms with Crippen molar-refractivity contribution in [2.45, 2.75) is 13.3 Å². The van der Waals surface area contributed by atoms with Crippen LogP contribution in [-0.2, 0) is 20.7 Å². The molecule has 0 spiro atoms. The molecule has 0 aliphatic heterocycles. The van der Waals surface area contributed by atoms with E-state index in [-0.39, 0.29) is 19.8 Å². The molecule has 0 aliphatic rings. The zero-order valence-corrected chi connectivity index (χ0v) is 13.0. The lowest BCUT2D eigenvalue weighted by Gasteiger charge is -2.08. The van der Waals surface area contributed by atoms with Crippen molar-refractivity contribution in [3.8, 4) is 0 Å². The summed E-state index contributed by atoms with van der Waals surface area (Å²) in [5.74, 6) is -0.472. The molecule has 0 saturated carbocycles. The summed E-state index contributed by atoms with van der Waals surface area (Å²) in [6, 6.07) is 7.88. The third-order valence-electron chi connectivity index (χ3n) is 2.82. The van der Waals surface area contributed by atoms with E-state index in [1.165, 1.54) is 0 Å². The normalized spacial score (nSPS) is 9.73. The van der Waals surface area contributed by atoms with E-state index < -0.39 is 12.1 Å². The SMILES string of the molecule is C=C(C)C(=O)OCCNC(=O)OCCc1ccc(NC)cc1. The number of carbonyl (C=O) groups is 2. The minimum Gasteiger partial charge on any atom is -0.460 e. The highest BCUT2D eigenvalue weighted by Crippen LogP contribution is 2.08. The molecule has 1 amide bonds. The van der Waals surface area contributed by atoms with E-state index in [0.29, 0.717) is 12.0 Å². The van der Waals surface area contributed by atoms with E-state index in [4.69, 9.17) is 9.47 Å². The molecule has 0 saturated heterocycles. The van der Waals surface area contributed by atoms with Crippen LogP contribution < -0.4 is 10.6 Å². The van der Waals surface area contributed by atoms with Crippen LogP contribution in [0.15, 0.2) is 36.4 Å². The minimum atomic E-state index is -0.529. The van der Waals surface area contributed by atoms with Crippen molar-refractivity contribution in [1.82, 2.24) is 5.32 Å². The molecule has 6 nitrogen and oxygen atoms in total. The van der Waals surface area contributed by atoms with Gasteiger partial charge in [-0.3, -0.25) is 0 Å². The molecule has 2 N–H and O–H groups in total. The van der Waals surface area contributed by atoms with Crippen LogP contribution in [0.5, 0.6) is 0 Å². The lowest BCUT2D eigenvalue weighted by Crippen LogP contribution is -2.29. The Morgan fingerprint density at radius 2 is 1.82 bits per heavy atom. The Labute approximate surface area is 130 Å². The van der Waals surface area contributed by atoms with Crippen molar-refractivity contribution >= 4 is 17.7 Å². The van der Waals surface area contributed by atoms with Crippen molar-refractivity contribution in [1.29, 1.82) is 0 Å². The van der Waals surface area contributed by atoms with Crippen LogP contribution in [0.2, 0.25) is 0 Å². The van der Waals surface area contributed by atoms with Crippen molar-refractivity contribution in [2.75, 3.05) is 32.1 Å². The number of anilines is 1. The molecule has 0 aliphatic carbocycles. The molecule has 120 valence electrons. The fourth-order valence-corrected chi connectivity index (χ4v) is 1.57. The highest BCUT2D eigenvalue weighted by atomic mass is 16.6. The summed E-state index contributed by atoms with van der Waals surface area (Å²) in [6.45, 7) is 5.60. The maximum absolute atomic E-state index is 11.4. The standard InChI is InChI=1S/C16H22N2O4/c1-12(2)15(19)21-11-9-18-16(20)22-10-8-13-4-6-14(17-3)7-5-13/h4-7,17H,1,8-11H2,2-3H3,(H,18,20). The molecule has 0 aromatic heterocycles. The molecule has 0 radical (unpaired) electrons. The molecular formula is C16H22N2O4. The summed E-state index contributed by atoms with van der Waals surface area (Å²) in [7, 11) is 1.86. The Hall–Kier alpha value is -2.50. The summed E-state index contributed by atoms with van der Waals surface area (Å²) in [5.41, 5.74) is 2.45. The molecule has 1 aromatic rings. The first-order chi connectivity index (χ1) is 10.5.